The lowest BCUT2D eigenvalue weighted by atomic mass is 10.1. The standard InChI is InChI=1S/C13H18N2/c1-14-7-10-2-3-11-8-15(13-4-5-13)9-12(11)6-10/h2-3,6,13-14H,4-5,7-9H2,1H3. The van der Waals surface area contributed by atoms with E-state index in [0.29, 0.717) is 0 Å². The second-order valence-corrected chi connectivity index (χ2v) is 4.77. The predicted molar refractivity (Wildman–Crippen MR) is 61.5 cm³/mol. The summed E-state index contributed by atoms with van der Waals surface area (Å²) in [6.45, 7) is 3.34. The van der Waals surface area contributed by atoms with E-state index in [9.17, 15) is 0 Å². The molecule has 1 saturated carbocycles. The zero-order valence-corrected chi connectivity index (χ0v) is 9.29. The fourth-order valence-electron chi connectivity index (χ4n) is 2.49. The Labute approximate surface area is 91.3 Å². The Bertz CT molecular complexity index is 369. The van der Waals surface area contributed by atoms with E-state index in [1.807, 2.05) is 7.05 Å². The summed E-state index contributed by atoms with van der Waals surface area (Å²) in [5.41, 5.74) is 4.50. The summed E-state index contributed by atoms with van der Waals surface area (Å²) < 4.78 is 0. The van der Waals surface area contributed by atoms with Crippen molar-refractivity contribution in [1.29, 1.82) is 0 Å². The molecule has 1 aliphatic carbocycles. The molecule has 0 saturated heterocycles. The first-order chi connectivity index (χ1) is 7.36. The highest BCUT2D eigenvalue weighted by Crippen LogP contribution is 2.34. The van der Waals surface area contributed by atoms with Crippen LogP contribution in [-0.4, -0.2) is 18.0 Å². The van der Waals surface area contributed by atoms with Gasteiger partial charge in [0.15, 0.2) is 0 Å². The number of hydrogen-bond acceptors (Lipinski definition) is 2. The van der Waals surface area contributed by atoms with Crippen LogP contribution >= 0.6 is 0 Å². The molecule has 1 aromatic rings. The maximum atomic E-state index is 3.21. The molecule has 0 aromatic heterocycles. The molecule has 1 fully saturated rings. The molecule has 1 N–H and O–H groups in total. The Kier molecular flexibility index (Phi) is 2.26. The van der Waals surface area contributed by atoms with Crippen molar-refractivity contribution < 1.29 is 0 Å². The van der Waals surface area contributed by atoms with Crippen molar-refractivity contribution in [2.24, 2.45) is 0 Å². The van der Waals surface area contributed by atoms with Gasteiger partial charge in [0.2, 0.25) is 0 Å². The fourth-order valence-corrected chi connectivity index (χ4v) is 2.49. The van der Waals surface area contributed by atoms with Crippen LogP contribution in [0.4, 0.5) is 0 Å². The van der Waals surface area contributed by atoms with E-state index < -0.39 is 0 Å². The number of hydrogen-bond donors (Lipinski definition) is 1. The van der Waals surface area contributed by atoms with Gasteiger partial charge in [-0.25, -0.2) is 0 Å². The molecular formula is C13H18N2. The van der Waals surface area contributed by atoms with Crippen molar-refractivity contribution in [3.05, 3.63) is 34.9 Å². The molecule has 3 rings (SSSR count). The number of rotatable bonds is 3. The first-order valence-electron chi connectivity index (χ1n) is 5.86. The minimum absolute atomic E-state index is 0.894. The first kappa shape index (κ1) is 9.37. The maximum absolute atomic E-state index is 3.21. The molecule has 2 heteroatoms. The van der Waals surface area contributed by atoms with Gasteiger partial charge in [-0.1, -0.05) is 18.2 Å². The molecule has 2 nitrogen and oxygen atoms in total. The van der Waals surface area contributed by atoms with Crippen LogP contribution in [0, 0.1) is 0 Å². The van der Waals surface area contributed by atoms with Gasteiger partial charge < -0.3 is 5.32 Å². The second-order valence-electron chi connectivity index (χ2n) is 4.77. The smallest absolute Gasteiger partial charge is 0.0243 e. The molecular weight excluding hydrogens is 184 g/mol. The average molecular weight is 202 g/mol. The molecule has 1 heterocycles. The number of nitrogens with one attached hydrogen (secondary N) is 1. The molecule has 0 atom stereocenters. The third kappa shape index (κ3) is 1.80. The molecule has 2 aliphatic rings. The highest BCUT2D eigenvalue weighted by atomic mass is 15.2. The summed E-state index contributed by atoms with van der Waals surface area (Å²) in [5, 5.41) is 3.21. The Balaban J connectivity index is 1.79. The fraction of sp³-hybridized carbons (Fsp3) is 0.538. The minimum Gasteiger partial charge on any atom is -0.316 e. The SMILES string of the molecule is CNCc1ccc2c(c1)CN(C1CC1)C2. The van der Waals surface area contributed by atoms with E-state index in [-0.39, 0.29) is 0 Å². The Hall–Kier alpha value is -0.860. The molecule has 80 valence electrons. The van der Waals surface area contributed by atoms with Gasteiger partial charge in [0.1, 0.15) is 0 Å². The monoisotopic (exact) mass is 202 g/mol. The van der Waals surface area contributed by atoms with Crippen LogP contribution in [-0.2, 0) is 19.6 Å². The van der Waals surface area contributed by atoms with Gasteiger partial charge in [0.05, 0.1) is 0 Å². The Morgan fingerprint density at radius 1 is 1.27 bits per heavy atom. The molecule has 0 amide bonds. The summed E-state index contributed by atoms with van der Waals surface area (Å²) in [6, 6.07) is 7.83. The lowest BCUT2D eigenvalue weighted by Crippen LogP contribution is -2.18. The van der Waals surface area contributed by atoms with E-state index in [1.165, 1.54) is 31.5 Å². The van der Waals surface area contributed by atoms with Crippen LogP contribution in [0.3, 0.4) is 0 Å². The summed E-state index contributed by atoms with van der Waals surface area (Å²) in [5.74, 6) is 0. The number of fused-ring (bicyclic) bond motifs is 1. The lowest BCUT2D eigenvalue weighted by Gasteiger charge is -2.11. The van der Waals surface area contributed by atoms with E-state index in [4.69, 9.17) is 0 Å². The Morgan fingerprint density at radius 2 is 2.07 bits per heavy atom. The summed E-state index contributed by atoms with van der Waals surface area (Å²) >= 11 is 0. The van der Waals surface area contributed by atoms with Gasteiger partial charge in [-0.05, 0) is 36.6 Å². The van der Waals surface area contributed by atoms with Crippen molar-refractivity contribution in [3.8, 4) is 0 Å². The quantitative estimate of drug-likeness (QED) is 0.805. The average Bonchev–Trinajstić information content (AvgIpc) is 2.99. The van der Waals surface area contributed by atoms with Crippen LogP contribution in [0.2, 0.25) is 0 Å². The van der Waals surface area contributed by atoms with Crippen molar-refractivity contribution in [1.82, 2.24) is 10.2 Å². The van der Waals surface area contributed by atoms with Gasteiger partial charge in [-0.2, -0.15) is 0 Å². The topological polar surface area (TPSA) is 15.3 Å². The third-order valence-corrected chi connectivity index (χ3v) is 3.46. The van der Waals surface area contributed by atoms with E-state index in [2.05, 4.69) is 28.4 Å². The third-order valence-electron chi connectivity index (χ3n) is 3.46. The molecule has 0 bridgehead atoms. The van der Waals surface area contributed by atoms with Crippen molar-refractivity contribution in [2.45, 2.75) is 38.5 Å². The van der Waals surface area contributed by atoms with Crippen LogP contribution in [0.5, 0.6) is 0 Å². The van der Waals surface area contributed by atoms with Crippen LogP contribution in [0.1, 0.15) is 29.5 Å². The normalized spacial score (nSPS) is 20.6. The summed E-state index contributed by atoms with van der Waals surface area (Å²) in [6.07, 6.45) is 2.83. The number of nitrogens with zero attached hydrogens (tertiary/aromatic N) is 1. The minimum atomic E-state index is 0.894. The van der Waals surface area contributed by atoms with Crippen LogP contribution < -0.4 is 5.32 Å². The molecule has 0 unspecified atom stereocenters. The highest BCUT2D eigenvalue weighted by Gasteiger charge is 2.32. The predicted octanol–water partition coefficient (Wildman–Crippen LogP) is 1.88. The van der Waals surface area contributed by atoms with Gasteiger partial charge in [0, 0.05) is 25.7 Å². The molecule has 15 heavy (non-hydrogen) atoms. The van der Waals surface area contributed by atoms with E-state index in [0.717, 1.165) is 12.6 Å². The maximum Gasteiger partial charge on any atom is 0.0243 e. The second kappa shape index (κ2) is 3.62. The van der Waals surface area contributed by atoms with Gasteiger partial charge >= 0.3 is 0 Å². The molecule has 1 aliphatic heterocycles. The largest absolute Gasteiger partial charge is 0.316 e. The van der Waals surface area contributed by atoms with E-state index in [1.54, 1.807) is 11.1 Å². The number of benzene rings is 1. The lowest BCUT2D eigenvalue weighted by molar-refractivity contribution is 0.273. The molecule has 1 aromatic carbocycles. The van der Waals surface area contributed by atoms with E-state index >= 15 is 0 Å². The molecule has 0 spiro atoms. The summed E-state index contributed by atoms with van der Waals surface area (Å²) in [7, 11) is 2.00. The zero-order valence-electron chi connectivity index (χ0n) is 9.29. The molecule has 0 radical (unpaired) electrons. The summed E-state index contributed by atoms with van der Waals surface area (Å²) in [4.78, 5) is 2.62. The van der Waals surface area contributed by atoms with Gasteiger partial charge in [-0.15, -0.1) is 0 Å². The Morgan fingerprint density at radius 3 is 2.80 bits per heavy atom. The zero-order chi connectivity index (χ0) is 10.3. The highest BCUT2D eigenvalue weighted by molar-refractivity contribution is 5.35. The van der Waals surface area contributed by atoms with Crippen LogP contribution in [0.25, 0.3) is 0 Å². The van der Waals surface area contributed by atoms with Gasteiger partial charge in [-0.3, -0.25) is 4.90 Å². The van der Waals surface area contributed by atoms with Gasteiger partial charge in [0.25, 0.3) is 0 Å². The first-order valence-corrected chi connectivity index (χ1v) is 5.86. The van der Waals surface area contributed by atoms with Crippen molar-refractivity contribution in [3.63, 3.8) is 0 Å². The van der Waals surface area contributed by atoms with Crippen molar-refractivity contribution in [2.75, 3.05) is 7.05 Å². The van der Waals surface area contributed by atoms with Crippen molar-refractivity contribution >= 4 is 0 Å². The van der Waals surface area contributed by atoms with Crippen LogP contribution in [0.15, 0.2) is 18.2 Å².